The van der Waals surface area contributed by atoms with Crippen molar-refractivity contribution >= 4 is 11.7 Å². The Morgan fingerprint density at radius 1 is 0.893 bits per heavy atom. The number of ether oxygens (including phenoxy) is 2. The third-order valence-corrected chi connectivity index (χ3v) is 4.34. The molecule has 3 N–H and O–H groups in total. The number of benzene rings is 3. The summed E-state index contributed by atoms with van der Waals surface area (Å²) in [5, 5.41) is 9.44. The molecule has 144 valence electrons. The van der Waals surface area contributed by atoms with Crippen molar-refractivity contribution < 1.29 is 19.4 Å². The maximum atomic E-state index is 11.5. The third kappa shape index (κ3) is 5.51. The van der Waals surface area contributed by atoms with Gasteiger partial charge in [0.15, 0.2) is 6.10 Å². The van der Waals surface area contributed by atoms with Crippen molar-refractivity contribution in [3.8, 4) is 11.5 Å². The Balaban J connectivity index is 1.54. The predicted molar refractivity (Wildman–Crippen MR) is 109 cm³/mol. The van der Waals surface area contributed by atoms with E-state index in [4.69, 9.17) is 15.2 Å². The largest absolute Gasteiger partial charge is 0.493 e. The fourth-order valence-electron chi connectivity index (χ4n) is 2.82. The second-order valence-electron chi connectivity index (χ2n) is 6.40. The lowest BCUT2D eigenvalue weighted by atomic mass is 10.1. The van der Waals surface area contributed by atoms with Crippen LogP contribution in [0.25, 0.3) is 0 Å². The monoisotopic (exact) mass is 377 g/mol. The number of aliphatic carboxylic acids is 1. The van der Waals surface area contributed by atoms with E-state index in [0.29, 0.717) is 12.4 Å². The number of para-hydroxylation sites is 2. The van der Waals surface area contributed by atoms with Gasteiger partial charge in [-0.2, -0.15) is 0 Å². The summed E-state index contributed by atoms with van der Waals surface area (Å²) < 4.78 is 11.4. The molecular weight excluding hydrogens is 354 g/mol. The van der Waals surface area contributed by atoms with Gasteiger partial charge in [0.2, 0.25) is 0 Å². The lowest BCUT2D eigenvalue weighted by Crippen LogP contribution is -2.29. The zero-order valence-electron chi connectivity index (χ0n) is 15.5. The first-order valence-corrected chi connectivity index (χ1v) is 9.11. The molecule has 0 aliphatic heterocycles. The van der Waals surface area contributed by atoms with Crippen LogP contribution in [-0.4, -0.2) is 23.8 Å². The summed E-state index contributed by atoms with van der Waals surface area (Å²) in [4.78, 5) is 11.5. The molecule has 3 aromatic rings. The summed E-state index contributed by atoms with van der Waals surface area (Å²) >= 11 is 0. The van der Waals surface area contributed by atoms with Crippen LogP contribution in [0.5, 0.6) is 11.5 Å². The van der Waals surface area contributed by atoms with Gasteiger partial charge in [0.1, 0.15) is 11.5 Å². The lowest BCUT2D eigenvalue weighted by molar-refractivity contribution is -0.145. The summed E-state index contributed by atoms with van der Waals surface area (Å²) in [6, 6.07) is 24.1. The Labute approximate surface area is 164 Å². The maximum Gasteiger partial charge on any atom is 0.345 e. The van der Waals surface area contributed by atoms with E-state index < -0.39 is 12.1 Å². The molecule has 0 unspecified atom stereocenters. The molecule has 0 aliphatic carbocycles. The van der Waals surface area contributed by atoms with E-state index in [0.717, 1.165) is 29.0 Å². The first kappa shape index (κ1) is 19.3. The van der Waals surface area contributed by atoms with Crippen LogP contribution in [0.2, 0.25) is 0 Å². The van der Waals surface area contributed by atoms with Crippen LogP contribution < -0.4 is 15.2 Å². The molecule has 0 saturated heterocycles. The first-order chi connectivity index (χ1) is 13.6. The number of nitrogens with two attached hydrogens (primary N) is 1. The molecule has 0 heterocycles. The normalized spacial score (nSPS) is 11.6. The molecule has 0 bridgehead atoms. The zero-order valence-corrected chi connectivity index (χ0v) is 15.5. The highest BCUT2D eigenvalue weighted by molar-refractivity contribution is 5.73. The first-order valence-electron chi connectivity index (χ1n) is 9.11. The third-order valence-electron chi connectivity index (χ3n) is 4.34. The average Bonchev–Trinajstić information content (AvgIpc) is 2.71. The van der Waals surface area contributed by atoms with Gasteiger partial charge in [-0.05, 0) is 41.5 Å². The van der Waals surface area contributed by atoms with E-state index in [1.54, 1.807) is 12.1 Å². The van der Waals surface area contributed by atoms with Crippen LogP contribution >= 0.6 is 0 Å². The van der Waals surface area contributed by atoms with Crippen LogP contribution in [0.15, 0.2) is 78.9 Å². The molecule has 0 amide bonds. The van der Waals surface area contributed by atoms with E-state index in [2.05, 4.69) is 0 Å². The molecule has 3 rings (SSSR count). The summed E-state index contributed by atoms with van der Waals surface area (Å²) in [5.41, 5.74) is 8.61. The molecule has 28 heavy (non-hydrogen) atoms. The molecule has 1 atom stereocenters. The summed E-state index contributed by atoms with van der Waals surface area (Å²) in [6.45, 7) is 0.516. The average molecular weight is 377 g/mol. The number of anilines is 1. The number of nitrogen functional groups attached to an aromatic ring is 1. The number of carboxylic acids is 1. The summed E-state index contributed by atoms with van der Waals surface area (Å²) in [7, 11) is 0. The van der Waals surface area contributed by atoms with Crippen molar-refractivity contribution in [3.63, 3.8) is 0 Å². The quantitative estimate of drug-likeness (QED) is 0.552. The van der Waals surface area contributed by atoms with Gasteiger partial charge < -0.3 is 20.3 Å². The van der Waals surface area contributed by atoms with Gasteiger partial charge in [-0.25, -0.2) is 4.79 Å². The van der Waals surface area contributed by atoms with Gasteiger partial charge in [-0.1, -0.05) is 48.5 Å². The Morgan fingerprint density at radius 3 is 2.25 bits per heavy atom. The highest BCUT2D eigenvalue weighted by Gasteiger charge is 2.20. The molecule has 5 nitrogen and oxygen atoms in total. The molecular formula is C23H23NO4. The van der Waals surface area contributed by atoms with Gasteiger partial charge in [0.05, 0.1) is 6.61 Å². The zero-order chi connectivity index (χ0) is 19.8. The van der Waals surface area contributed by atoms with Crippen LogP contribution in [0, 0.1) is 0 Å². The number of rotatable bonds is 9. The molecule has 0 fully saturated rings. The highest BCUT2D eigenvalue weighted by Crippen LogP contribution is 2.18. The van der Waals surface area contributed by atoms with Crippen molar-refractivity contribution in [2.45, 2.75) is 18.9 Å². The second kappa shape index (κ2) is 9.46. The molecule has 5 heteroatoms. The van der Waals surface area contributed by atoms with Crippen molar-refractivity contribution in [3.05, 3.63) is 90.0 Å². The predicted octanol–water partition coefficient (Wildman–Crippen LogP) is 3.97. The minimum atomic E-state index is -0.996. The Morgan fingerprint density at radius 2 is 1.57 bits per heavy atom. The number of hydrogen-bond donors (Lipinski definition) is 2. The Bertz CT molecular complexity index is 894. The SMILES string of the molecule is Nc1ccccc1CCOc1ccc(C[C@H](Oc2ccccc2)C(=O)O)cc1. The Hall–Kier alpha value is -3.47. The molecule has 3 aromatic carbocycles. The molecule has 0 saturated carbocycles. The topological polar surface area (TPSA) is 81.8 Å². The summed E-state index contributed by atoms with van der Waals surface area (Å²) in [5.74, 6) is 0.272. The highest BCUT2D eigenvalue weighted by atomic mass is 16.5. The smallest absolute Gasteiger partial charge is 0.345 e. The van der Waals surface area contributed by atoms with Crippen LogP contribution in [0.3, 0.4) is 0 Å². The van der Waals surface area contributed by atoms with Crippen molar-refractivity contribution in [2.24, 2.45) is 0 Å². The molecule has 0 aromatic heterocycles. The van der Waals surface area contributed by atoms with Crippen LogP contribution in [0.1, 0.15) is 11.1 Å². The van der Waals surface area contributed by atoms with Crippen molar-refractivity contribution in [1.82, 2.24) is 0 Å². The Kier molecular flexibility index (Phi) is 6.52. The van der Waals surface area contributed by atoms with E-state index >= 15 is 0 Å². The van der Waals surface area contributed by atoms with Gasteiger partial charge in [-0.3, -0.25) is 0 Å². The minimum Gasteiger partial charge on any atom is -0.493 e. The van der Waals surface area contributed by atoms with Gasteiger partial charge in [0, 0.05) is 18.5 Å². The maximum absolute atomic E-state index is 11.5. The fraction of sp³-hybridized carbons (Fsp3) is 0.174. The minimum absolute atomic E-state index is 0.269. The van der Waals surface area contributed by atoms with Crippen LogP contribution in [0.4, 0.5) is 5.69 Å². The number of hydrogen-bond acceptors (Lipinski definition) is 4. The fourth-order valence-corrected chi connectivity index (χ4v) is 2.82. The van der Waals surface area contributed by atoms with E-state index in [9.17, 15) is 9.90 Å². The molecule has 0 radical (unpaired) electrons. The van der Waals surface area contributed by atoms with Crippen molar-refractivity contribution in [2.75, 3.05) is 12.3 Å². The van der Waals surface area contributed by atoms with Gasteiger partial charge in [0.25, 0.3) is 0 Å². The van der Waals surface area contributed by atoms with Gasteiger partial charge >= 0.3 is 5.97 Å². The summed E-state index contributed by atoms with van der Waals surface area (Å²) in [6.07, 6.45) is 0.0427. The lowest BCUT2D eigenvalue weighted by Gasteiger charge is -2.15. The standard InChI is InChI=1S/C23H23NO4/c24-21-9-5-4-6-18(21)14-15-27-19-12-10-17(11-13-19)16-22(23(25)26)28-20-7-2-1-3-8-20/h1-13,22H,14-16,24H2,(H,25,26)/t22-/m0/s1. The van der Waals surface area contributed by atoms with E-state index in [1.165, 1.54) is 0 Å². The van der Waals surface area contributed by atoms with Crippen LogP contribution in [-0.2, 0) is 17.6 Å². The van der Waals surface area contributed by atoms with Gasteiger partial charge in [-0.15, -0.1) is 0 Å². The number of carbonyl (C=O) groups is 1. The second-order valence-corrected chi connectivity index (χ2v) is 6.40. The van der Waals surface area contributed by atoms with E-state index in [-0.39, 0.29) is 6.42 Å². The van der Waals surface area contributed by atoms with Crippen molar-refractivity contribution in [1.29, 1.82) is 0 Å². The molecule has 0 aliphatic rings. The number of carboxylic acid groups (broad SMARTS) is 1. The van der Waals surface area contributed by atoms with E-state index in [1.807, 2.05) is 66.7 Å². The molecule has 0 spiro atoms.